The highest BCUT2D eigenvalue weighted by Gasteiger charge is 2.23. The zero-order valence-electron chi connectivity index (χ0n) is 50.3. The van der Waals surface area contributed by atoms with Crippen LogP contribution in [0.15, 0.2) is 24.3 Å². The summed E-state index contributed by atoms with van der Waals surface area (Å²) in [4.78, 5) is 25.5. The molecule has 0 saturated carbocycles. The summed E-state index contributed by atoms with van der Waals surface area (Å²) >= 11 is 0. The molecule has 0 bridgehead atoms. The van der Waals surface area contributed by atoms with Gasteiger partial charge in [0.05, 0.1) is 39.9 Å². The first kappa shape index (κ1) is 73.0. The highest BCUT2D eigenvalue weighted by atomic mass is 31.2. The van der Waals surface area contributed by atoms with E-state index in [0.29, 0.717) is 17.4 Å². The molecule has 0 aromatic rings. The fourth-order valence-electron chi connectivity index (χ4n) is 10.0. The Balaban J connectivity index is 3.96. The summed E-state index contributed by atoms with van der Waals surface area (Å²) in [6, 6.07) is -0.883. The summed E-state index contributed by atoms with van der Waals surface area (Å²) in [5, 5.41) is 13.9. The molecule has 74 heavy (non-hydrogen) atoms. The van der Waals surface area contributed by atoms with Gasteiger partial charge in [-0.3, -0.25) is 9.36 Å². The lowest BCUT2D eigenvalue weighted by molar-refractivity contribution is -0.870. The third kappa shape index (κ3) is 58.7. The molecule has 0 saturated heterocycles. The van der Waals surface area contributed by atoms with Gasteiger partial charge in [0.1, 0.15) is 13.2 Å². The molecule has 0 heterocycles. The molecule has 0 aliphatic carbocycles. The maximum atomic E-state index is 13.0. The molecule has 0 fully saturated rings. The number of hydrogen-bond donors (Lipinski definition) is 2. The fourth-order valence-corrected chi connectivity index (χ4v) is 10.8. The number of aliphatic hydroxyl groups excluding tert-OH is 1. The quantitative estimate of drug-likeness (QED) is 0.0272. The first-order chi connectivity index (χ1) is 36.0. The number of phosphoric acid groups is 1. The van der Waals surface area contributed by atoms with Crippen molar-refractivity contribution in [3.05, 3.63) is 24.3 Å². The summed E-state index contributed by atoms with van der Waals surface area (Å²) in [5.41, 5.74) is 0. The number of unbranched alkanes of at least 4 members (excludes halogenated alkanes) is 46. The van der Waals surface area contributed by atoms with Gasteiger partial charge < -0.3 is 28.8 Å². The molecule has 0 aromatic heterocycles. The number of hydrogen-bond acceptors (Lipinski definition) is 6. The molecule has 3 unspecified atom stereocenters. The smallest absolute Gasteiger partial charge is 0.268 e. The summed E-state index contributed by atoms with van der Waals surface area (Å²) in [5.74, 6) is -0.190. The van der Waals surface area contributed by atoms with Gasteiger partial charge in [-0.2, -0.15) is 0 Å². The van der Waals surface area contributed by atoms with Crippen LogP contribution in [0.3, 0.4) is 0 Å². The Hall–Kier alpha value is -1.02. The number of nitrogens with one attached hydrogen (secondary N) is 1. The summed E-state index contributed by atoms with van der Waals surface area (Å²) in [7, 11) is 1.28. The maximum Gasteiger partial charge on any atom is 0.268 e. The Morgan fingerprint density at radius 1 is 0.459 bits per heavy atom. The standard InChI is InChI=1S/C65H129N2O6P/c1-6-8-10-12-14-16-18-20-22-24-25-26-27-28-29-30-31-32-33-34-35-36-37-38-39-40-41-43-45-47-49-51-53-55-57-59-65(69)66-63(62-73-74(70,71)72-61-60-67(3,4)5)64(68)58-56-54-52-50-48-46-44-42-23-21-19-17-15-13-11-9-7-2/h24-25,56,58,63-64,68H,6-23,26-55,57,59-62H2,1-5H3,(H-,66,69,70,71)/b25-24-,58-56+. The van der Waals surface area contributed by atoms with Crippen molar-refractivity contribution in [2.24, 2.45) is 0 Å². The van der Waals surface area contributed by atoms with Crippen LogP contribution in [0, 0.1) is 0 Å². The van der Waals surface area contributed by atoms with Crippen LogP contribution in [-0.4, -0.2) is 68.5 Å². The van der Waals surface area contributed by atoms with E-state index < -0.39 is 20.0 Å². The topological polar surface area (TPSA) is 108 Å². The second-order valence-electron chi connectivity index (χ2n) is 23.8. The van der Waals surface area contributed by atoms with Crippen LogP contribution < -0.4 is 10.2 Å². The van der Waals surface area contributed by atoms with E-state index in [0.717, 1.165) is 38.5 Å². The van der Waals surface area contributed by atoms with Gasteiger partial charge in [-0.05, 0) is 44.9 Å². The molecular weight excluding hydrogens is 936 g/mol. The molecule has 1 amide bonds. The van der Waals surface area contributed by atoms with E-state index in [2.05, 4.69) is 31.3 Å². The minimum Gasteiger partial charge on any atom is -0.756 e. The molecule has 0 spiro atoms. The molecule has 0 aliphatic rings. The number of rotatable bonds is 61. The average molecular weight is 1070 g/mol. The van der Waals surface area contributed by atoms with Crippen molar-refractivity contribution in [2.75, 3.05) is 40.9 Å². The van der Waals surface area contributed by atoms with E-state index in [1.54, 1.807) is 6.08 Å². The predicted molar refractivity (Wildman–Crippen MR) is 321 cm³/mol. The molecule has 9 heteroatoms. The van der Waals surface area contributed by atoms with Crippen LogP contribution >= 0.6 is 7.82 Å². The zero-order chi connectivity index (χ0) is 54.2. The van der Waals surface area contributed by atoms with Crippen LogP contribution in [0.5, 0.6) is 0 Å². The largest absolute Gasteiger partial charge is 0.756 e. The van der Waals surface area contributed by atoms with Crippen molar-refractivity contribution in [2.45, 2.75) is 347 Å². The molecule has 0 aliphatic heterocycles. The molecule has 2 N–H and O–H groups in total. The third-order valence-electron chi connectivity index (χ3n) is 15.2. The SMILES string of the molecule is CCCCCCCCCC/C=C\CCCCCCCCCCCCCCCCCCCCCCCCCC(=O)NC(COP(=O)([O-])OCC[N+](C)(C)C)C(O)/C=C/CCCCCCCCCCCCCCCCC. The normalized spacial score (nSPS) is 13.9. The summed E-state index contributed by atoms with van der Waals surface area (Å²) < 4.78 is 23.4. The maximum absolute atomic E-state index is 13.0. The summed E-state index contributed by atoms with van der Waals surface area (Å²) in [6.45, 7) is 4.70. The molecule has 3 atom stereocenters. The Labute approximate surface area is 462 Å². The first-order valence-corrected chi connectivity index (χ1v) is 34.2. The van der Waals surface area contributed by atoms with Crippen molar-refractivity contribution in [3.8, 4) is 0 Å². The molecule has 8 nitrogen and oxygen atoms in total. The van der Waals surface area contributed by atoms with Crippen LogP contribution in [-0.2, 0) is 18.4 Å². The molecule has 0 aromatic carbocycles. The van der Waals surface area contributed by atoms with Crippen molar-refractivity contribution < 1.29 is 32.9 Å². The van der Waals surface area contributed by atoms with Crippen molar-refractivity contribution >= 4 is 13.7 Å². The Kier molecular flexibility index (Phi) is 55.9. The average Bonchev–Trinajstić information content (AvgIpc) is 3.36. The Morgan fingerprint density at radius 3 is 1.05 bits per heavy atom. The van der Waals surface area contributed by atoms with E-state index in [1.165, 1.54) is 276 Å². The number of allylic oxidation sites excluding steroid dienone is 3. The Morgan fingerprint density at radius 2 is 0.743 bits per heavy atom. The van der Waals surface area contributed by atoms with E-state index in [1.807, 2.05) is 27.2 Å². The van der Waals surface area contributed by atoms with E-state index in [4.69, 9.17) is 9.05 Å². The van der Waals surface area contributed by atoms with Crippen molar-refractivity contribution in [3.63, 3.8) is 0 Å². The van der Waals surface area contributed by atoms with Crippen LogP contribution in [0.25, 0.3) is 0 Å². The van der Waals surface area contributed by atoms with Gasteiger partial charge in [-0.25, -0.2) is 0 Å². The minimum atomic E-state index is -4.59. The number of aliphatic hydroxyl groups is 1. The Bertz CT molecular complexity index is 1260. The van der Waals surface area contributed by atoms with Crippen molar-refractivity contribution in [1.29, 1.82) is 0 Å². The number of phosphoric ester groups is 1. The first-order valence-electron chi connectivity index (χ1n) is 32.7. The minimum absolute atomic E-state index is 0.00190. The van der Waals surface area contributed by atoms with Gasteiger partial charge in [0.2, 0.25) is 5.91 Å². The second kappa shape index (κ2) is 56.7. The molecule has 0 rings (SSSR count). The van der Waals surface area contributed by atoms with Gasteiger partial charge in [-0.15, -0.1) is 0 Å². The van der Waals surface area contributed by atoms with Gasteiger partial charge in [0.15, 0.2) is 0 Å². The second-order valence-corrected chi connectivity index (χ2v) is 25.2. The summed E-state index contributed by atoms with van der Waals surface area (Å²) in [6.07, 6.45) is 72.9. The monoisotopic (exact) mass is 1060 g/mol. The lowest BCUT2D eigenvalue weighted by Gasteiger charge is -2.29. The van der Waals surface area contributed by atoms with Gasteiger partial charge >= 0.3 is 0 Å². The molecule has 0 radical (unpaired) electrons. The zero-order valence-corrected chi connectivity index (χ0v) is 51.2. The van der Waals surface area contributed by atoms with Gasteiger partial charge in [0, 0.05) is 6.42 Å². The molecular formula is C65H129N2O6P. The van der Waals surface area contributed by atoms with Gasteiger partial charge in [0.25, 0.3) is 7.82 Å². The van der Waals surface area contributed by atoms with E-state index in [-0.39, 0.29) is 19.1 Å². The number of amides is 1. The number of carbonyl (C=O) groups excluding carboxylic acids is 1. The van der Waals surface area contributed by atoms with Crippen LogP contribution in [0.4, 0.5) is 0 Å². The number of likely N-dealkylation sites (N-methyl/N-ethyl adjacent to an activating group) is 1. The predicted octanol–water partition coefficient (Wildman–Crippen LogP) is 19.7. The van der Waals surface area contributed by atoms with E-state index >= 15 is 0 Å². The third-order valence-corrected chi connectivity index (χ3v) is 16.1. The van der Waals surface area contributed by atoms with E-state index in [9.17, 15) is 19.4 Å². The van der Waals surface area contributed by atoms with Crippen molar-refractivity contribution in [1.82, 2.24) is 5.32 Å². The molecule has 440 valence electrons. The van der Waals surface area contributed by atoms with Crippen LogP contribution in [0.1, 0.15) is 335 Å². The van der Waals surface area contributed by atoms with Crippen LogP contribution in [0.2, 0.25) is 0 Å². The number of quaternary nitrogens is 1. The highest BCUT2D eigenvalue weighted by molar-refractivity contribution is 7.45. The lowest BCUT2D eigenvalue weighted by Crippen LogP contribution is -2.45. The number of carbonyl (C=O) groups is 1. The van der Waals surface area contributed by atoms with Gasteiger partial charge in [-0.1, -0.05) is 308 Å². The lowest BCUT2D eigenvalue weighted by atomic mass is 10.0. The fraction of sp³-hybridized carbons (Fsp3) is 0.923. The highest BCUT2D eigenvalue weighted by Crippen LogP contribution is 2.38. The number of nitrogens with zero attached hydrogens (tertiary/aromatic N) is 1.